The van der Waals surface area contributed by atoms with Crippen LogP contribution in [-0.4, -0.2) is 50.8 Å². The molecule has 0 aliphatic heterocycles. The van der Waals surface area contributed by atoms with Crippen molar-refractivity contribution in [1.29, 1.82) is 0 Å². The van der Waals surface area contributed by atoms with Crippen LogP contribution >= 0.6 is 0 Å². The lowest BCUT2D eigenvalue weighted by Crippen LogP contribution is -2.64. The Hall–Kier alpha value is -1.56. The Kier molecular flexibility index (Phi) is 6.00. The first-order valence-corrected chi connectivity index (χ1v) is 8.58. The van der Waals surface area contributed by atoms with Gasteiger partial charge in [0.25, 0.3) is 0 Å². The molecular formula is C13H20F3NO7S. The number of carbonyl (C=O) groups is 2. The van der Waals surface area contributed by atoms with E-state index in [0.717, 1.165) is 7.11 Å². The normalized spacial score (nSPS) is 24.2. The summed E-state index contributed by atoms with van der Waals surface area (Å²) in [6, 6.07) is 0. The summed E-state index contributed by atoms with van der Waals surface area (Å²) >= 11 is 0. The Morgan fingerprint density at radius 1 is 1.20 bits per heavy atom. The lowest BCUT2D eigenvalue weighted by atomic mass is 9.68. The van der Waals surface area contributed by atoms with E-state index >= 15 is 0 Å². The van der Waals surface area contributed by atoms with Gasteiger partial charge in [0.15, 0.2) is 0 Å². The standard InChI is InChI=1S/C13H20F3NO7S/c1-11(2,3)24-10(19)17-12(9(18)22-4)5-8(6-12)7-23-25(20,21)13(14,15)16/h8H,5-7H2,1-4H3,(H,17,19). The Balaban J connectivity index is 2.69. The number of hydrogen-bond donors (Lipinski definition) is 1. The molecule has 0 aromatic rings. The topological polar surface area (TPSA) is 108 Å². The first kappa shape index (κ1) is 21.5. The predicted molar refractivity (Wildman–Crippen MR) is 77.8 cm³/mol. The van der Waals surface area contributed by atoms with Gasteiger partial charge in [0.1, 0.15) is 11.1 Å². The van der Waals surface area contributed by atoms with Gasteiger partial charge in [-0.1, -0.05) is 0 Å². The number of alkyl halides is 3. The number of methoxy groups -OCH3 is 1. The molecule has 1 fully saturated rings. The zero-order chi connectivity index (χ0) is 19.7. The molecule has 1 amide bonds. The Bertz CT molecular complexity index is 619. The molecule has 0 bridgehead atoms. The van der Waals surface area contributed by atoms with Crippen molar-refractivity contribution in [1.82, 2.24) is 5.32 Å². The second kappa shape index (κ2) is 6.98. The summed E-state index contributed by atoms with van der Waals surface area (Å²) in [7, 11) is -4.63. The van der Waals surface area contributed by atoms with Crippen LogP contribution in [0, 0.1) is 5.92 Å². The molecule has 0 spiro atoms. The zero-order valence-corrected chi connectivity index (χ0v) is 14.9. The minimum atomic E-state index is -5.71. The maximum absolute atomic E-state index is 12.2. The number of amides is 1. The zero-order valence-electron chi connectivity index (χ0n) is 14.1. The van der Waals surface area contributed by atoms with Gasteiger partial charge in [-0.25, -0.2) is 9.59 Å². The van der Waals surface area contributed by atoms with E-state index in [1.165, 1.54) is 0 Å². The van der Waals surface area contributed by atoms with Crippen molar-refractivity contribution in [3.8, 4) is 0 Å². The molecule has 0 aromatic heterocycles. The number of halogens is 3. The van der Waals surface area contributed by atoms with Crippen LogP contribution in [0.1, 0.15) is 33.6 Å². The lowest BCUT2D eigenvalue weighted by Gasteiger charge is -2.45. The van der Waals surface area contributed by atoms with E-state index in [2.05, 4.69) is 14.2 Å². The van der Waals surface area contributed by atoms with Crippen molar-refractivity contribution in [2.75, 3.05) is 13.7 Å². The predicted octanol–water partition coefficient (Wildman–Crippen LogP) is 1.70. The van der Waals surface area contributed by atoms with Crippen molar-refractivity contribution in [2.45, 2.75) is 50.3 Å². The maximum Gasteiger partial charge on any atom is 0.523 e. The van der Waals surface area contributed by atoms with Crippen molar-refractivity contribution in [2.24, 2.45) is 5.92 Å². The molecular weight excluding hydrogens is 371 g/mol. The highest BCUT2D eigenvalue weighted by molar-refractivity contribution is 7.87. The molecule has 0 atom stereocenters. The minimum absolute atomic E-state index is 0.147. The van der Waals surface area contributed by atoms with Crippen LogP contribution in [-0.2, 0) is 28.6 Å². The first-order chi connectivity index (χ1) is 11.1. The monoisotopic (exact) mass is 391 g/mol. The summed E-state index contributed by atoms with van der Waals surface area (Å²) in [4.78, 5) is 23.7. The summed E-state index contributed by atoms with van der Waals surface area (Å²) in [6.45, 7) is 4.06. The molecule has 0 unspecified atom stereocenters. The van der Waals surface area contributed by atoms with Crippen molar-refractivity contribution in [3.63, 3.8) is 0 Å². The molecule has 1 N–H and O–H groups in total. The number of esters is 1. The molecule has 1 aliphatic carbocycles. The second-order valence-electron chi connectivity index (χ2n) is 6.66. The average molecular weight is 391 g/mol. The van der Waals surface area contributed by atoms with Crippen LogP contribution in [0.3, 0.4) is 0 Å². The maximum atomic E-state index is 12.2. The molecule has 0 aromatic carbocycles. The van der Waals surface area contributed by atoms with E-state index in [1.807, 2.05) is 0 Å². The molecule has 1 saturated carbocycles. The Morgan fingerprint density at radius 3 is 2.12 bits per heavy atom. The van der Waals surface area contributed by atoms with Crippen LogP contribution in [0.4, 0.5) is 18.0 Å². The molecule has 0 heterocycles. The molecule has 1 rings (SSSR count). The third kappa shape index (κ3) is 5.46. The van der Waals surface area contributed by atoms with Gasteiger partial charge in [-0.05, 0) is 39.5 Å². The largest absolute Gasteiger partial charge is 0.523 e. The number of carbonyl (C=O) groups excluding carboxylic acids is 2. The highest BCUT2D eigenvalue weighted by Crippen LogP contribution is 2.40. The van der Waals surface area contributed by atoms with E-state index in [9.17, 15) is 31.2 Å². The summed E-state index contributed by atoms with van der Waals surface area (Å²) in [6.07, 6.45) is -1.20. The van der Waals surface area contributed by atoms with E-state index in [1.54, 1.807) is 20.8 Å². The SMILES string of the molecule is COC(=O)C1(NC(=O)OC(C)(C)C)CC(COS(=O)(=O)C(F)(F)F)C1. The van der Waals surface area contributed by atoms with Crippen LogP contribution < -0.4 is 5.32 Å². The number of rotatable bonds is 5. The van der Waals surface area contributed by atoms with Crippen molar-refractivity contribution in [3.05, 3.63) is 0 Å². The fourth-order valence-electron chi connectivity index (χ4n) is 2.31. The summed E-state index contributed by atoms with van der Waals surface area (Å²) in [5.41, 5.74) is -7.84. The fourth-order valence-corrected chi connectivity index (χ4v) is 2.82. The van der Waals surface area contributed by atoms with Gasteiger partial charge in [0, 0.05) is 0 Å². The van der Waals surface area contributed by atoms with Gasteiger partial charge < -0.3 is 14.8 Å². The van der Waals surface area contributed by atoms with Gasteiger partial charge in [0.2, 0.25) is 0 Å². The van der Waals surface area contributed by atoms with Gasteiger partial charge in [0.05, 0.1) is 13.7 Å². The summed E-state index contributed by atoms with van der Waals surface area (Å²) in [5, 5.41) is 2.33. The second-order valence-corrected chi connectivity index (χ2v) is 8.27. The average Bonchev–Trinajstić information content (AvgIpc) is 2.36. The minimum Gasteiger partial charge on any atom is -0.467 e. The fraction of sp³-hybridized carbons (Fsp3) is 0.846. The third-order valence-corrected chi connectivity index (χ3v) is 4.35. The molecule has 146 valence electrons. The molecule has 25 heavy (non-hydrogen) atoms. The van der Waals surface area contributed by atoms with E-state index in [0.29, 0.717) is 0 Å². The molecule has 1 aliphatic rings. The first-order valence-electron chi connectivity index (χ1n) is 7.17. The summed E-state index contributed by atoms with van der Waals surface area (Å²) in [5.74, 6) is -1.50. The molecule has 0 saturated heterocycles. The number of nitrogens with one attached hydrogen (secondary N) is 1. The number of alkyl carbamates (subject to hydrolysis) is 1. The molecule has 0 radical (unpaired) electrons. The third-order valence-electron chi connectivity index (χ3n) is 3.33. The van der Waals surface area contributed by atoms with Gasteiger partial charge in [-0.2, -0.15) is 21.6 Å². The highest BCUT2D eigenvalue weighted by Gasteiger charge is 2.54. The van der Waals surface area contributed by atoms with Gasteiger partial charge >= 0.3 is 27.7 Å². The highest BCUT2D eigenvalue weighted by atomic mass is 32.2. The Labute approximate surface area is 143 Å². The van der Waals surface area contributed by atoms with Gasteiger partial charge in [-0.3, -0.25) is 4.18 Å². The smallest absolute Gasteiger partial charge is 0.467 e. The van der Waals surface area contributed by atoms with E-state index in [-0.39, 0.29) is 12.8 Å². The number of ether oxygens (including phenoxy) is 2. The quantitative estimate of drug-likeness (QED) is 0.432. The van der Waals surface area contributed by atoms with Gasteiger partial charge in [-0.15, -0.1) is 0 Å². The summed E-state index contributed by atoms with van der Waals surface area (Å²) < 4.78 is 71.9. The van der Waals surface area contributed by atoms with Crippen LogP contribution in [0.15, 0.2) is 0 Å². The molecule has 12 heteroatoms. The number of hydrogen-bond acceptors (Lipinski definition) is 7. The van der Waals surface area contributed by atoms with Crippen LogP contribution in [0.2, 0.25) is 0 Å². The molecule has 8 nitrogen and oxygen atoms in total. The van der Waals surface area contributed by atoms with E-state index < -0.39 is 51.4 Å². The van der Waals surface area contributed by atoms with Crippen LogP contribution in [0.25, 0.3) is 0 Å². The van der Waals surface area contributed by atoms with Crippen molar-refractivity contribution >= 4 is 22.2 Å². The Morgan fingerprint density at radius 2 is 1.72 bits per heavy atom. The lowest BCUT2D eigenvalue weighted by molar-refractivity contribution is -0.155. The van der Waals surface area contributed by atoms with Crippen LogP contribution in [0.5, 0.6) is 0 Å². The van der Waals surface area contributed by atoms with E-state index in [4.69, 9.17) is 4.74 Å². The van der Waals surface area contributed by atoms with Crippen molar-refractivity contribution < 1.29 is 44.8 Å².